The Labute approximate surface area is 126 Å². The summed E-state index contributed by atoms with van der Waals surface area (Å²) in [5.74, 6) is -0.170. The lowest BCUT2D eigenvalue weighted by Gasteiger charge is -2.14. The molecule has 0 radical (unpaired) electrons. The summed E-state index contributed by atoms with van der Waals surface area (Å²) < 4.78 is 45.3. The van der Waals surface area contributed by atoms with Crippen molar-refractivity contribution in [1.82, 2.24) is 10.3 Å². The largest absolute Gasteiger partial charge is 0.468 e. The highest BCUT2D eigenvalue weighted by Crippen LogP contribution is 2.17. The normalized spacial score (nSPS) is 12.6. The average molecular weight is 321 g/mol. The molecule has 0 saturated heterocycles. The van der Waals surface area contributed by atoms with Crippen molar-refractivity contribution in [2.45, 2.75) is 25.6 Å². The molecule has 0 unspecified atom stereocenters. The van der Waals surface area contributed by atoms with E-state index in [4.69, 9.17) is 4.74 Å². The molecule has 1 aromatic rings. The van der Waals surface area contributed by atoms with Gasteiger partial charge in [-0.05, 0) is 19.4 Å². The number of pyridine rings is 1. The molecule has 124 valence electrons. The minimum atomic E-state index is -4.42. The van der Waals surface area contributed by atoms with Crippen molar-refractivity contribution in [3.63, 3.8) is 0 Å². The van der Waals surface area contributed by atoms with Crippen LogP contribution in [0.5, 0.6) is 5.88 Å². The standard InChI is InChI=1S/C13H18F3N3O3/c1-9(5-6-21-2)18-12(20)19-10-3-4-11(17-7-10)22-8-13(14,15)16/h3-4,7,9H,5-6,8H2,1-2H3,(H2,18,19,20)/t9-/m0/s1. The fourth-order valence-electron chi connectivity index (χ4n) is 1.45. The number of carbonyl (C=O) groups is 1. The van der Waals surface area contributed by atoms with Crippen molar-refractivity contribution in [2.75, 3.05) is 25.6 Å². The van der Waals surface area contributed by atoms with Crippen LogP contribution in [0.1, 0.15) is 13.3 Å². The fraction of sp³-hybridized carbons (Fsp3) is 0.538. The van der Waals surface area contributed by atoms with E-state index < -0.39 is 18.8 Å². The highest BCUT2D eigenvalue weighted by molar-refractivity contribution is 5.89. The summed E-state index contributed by atoms with van der Waals surface area (Å²) in [7, 11) is 1.57. The summed E-state index contributed by atoms with van der Waals surface area (Å²) in [4.78, 5) is 15.3. The van der Waals surface area contributed by atoms with Gasteiger partial charge in [0.15, 0.2) is 6.61 Å². The molecule has 0 saturated carbocycles. The van der Waals surface area contributed by atoms with Crippen LogP contribution in [0.4, 0.5) is 23.7 Å². The SMILES string of the molecule is COCC[C@H](C)NC(=O)Nc1ccc(OCC(F)(F)F)nc1. The van der Waals surface area contributed by atoms with Crippen LogP contribution in [0.15, 0.2) is 18.3 Å². The molecule has 1 atom stereocenters. The van der Waals surface area contributed by atoms with Gasteiger partial charge in [0.2, 0.25) is 5.88 Å². The zero-order valence-corrected chi connectivity index (χ0v) is 12.2. The minimum Gasteiger partial charge on any atom is -0.468 e. The molecule has 0 aliphatic carbocycles. The highest BCUT2D eigenvalue weighted by Gasteiger charge is 2.28. The zero-order chi connectivity index (χ0) is 16.6. The predicted octanol–water partition coefficient (Wildman–Crippen LogP) is 2.57. The first kappa shape index (κ1) is 18.0. The van der Waals surface area contributed by atoms with Crippen LogP contribution >= 0.6 is 0 Å². The van der Waals surface area contributed by atoms with Crippen molar-refractivity contribution in [3.8, 4) is 5.88 Å². The quantitative estimate of drug-likeness (QED) is 0.809. The molecular weight excluding hydrogens is 303 g/mol. The van der Waals surface area contributed by atoms with Gasteiger partial charge < -0.3 is 20.1 Å². The topological polar surface area (TPSA) is 72.5 Å². The first-order valence-electron chi connectivity index (χ1n) is 6.52. The number of nitrogens with zero attached hydrogens (tertiary/aromatic N) is 1. The molecule has 0 bridgehead atoms. The maximum atomic E-state index is 12.0. The van der Waals surface area contributed by atoms with Gasteiger partial charge in [0.1, 0.15) is 0 Å². The van der Waals surface area contributed by atoms with Gasteiger partial charge >= 0.3 is 12.2 Å². The van der Waals surface area contributed by atoms with Gasteiger partial charge in [-0.3, -0.25) is 0 Å². The average Bonchev–Trinajstić information content (AvgIpc) is 2.43. The first-order valence-corrected chi connectivity index (χ1v) is 6.52. The van der Waals surface area contributed by atoms with E-state index in [1.807, 2.05) is 6.92 Å². The second-order valence-corrected chi connectivity index (χ2v) is 4.57. The molecule has 2 amide bonds. The molecule has 1 heterocycles. The van der Waals surface area contributed by atoms with E-state index in [0.29, 0.717) is 18.7 Å². The number of hydrogen-bond acceptors (Lipinski definition) is 4. The summed E-state index contributed by atoms with van der Waals surface area (Å²) in [6, 6.07) is 2.13. The van der Waals surface area contributed by atoms with Crippen LogP contribution < -0.4 is 15.4 Å². The molecule has 0 aromatic carbocycles. The van der Waals surface area contributed by atoms with Crippen molar-refractivity contribution >= 4 is 11.7 Å². The number of ether oxygens (including phenoxy) is 2. The maximum absolute atomic E-state index is 12.0. The molecule has 22 heavy (non-hydrogen) atoms. The molecule has 0 fully saturated rings. The van der Waals surface area contributed by atoms with E-state index in [-0.39, 0.29) is 11.9 Å². The molecule has 1 rings (SSSR count). The zero-order valence-electron chi connectivity index (χ0n) is 12.2. The Morgan fingerprint density at radius 1 is 1.41 bits per heavy atom. The molecule has 0 aliphatic heterocycles. The monoisotopic (exact) mass is 321 g/mol. The van der Waals surface area contributed by atoms with Crippen LogP contribution in [0.2, 0.25) is 0 Å². The van der Waals surface area contributed by atoms with Gasteiger partial charge in [-0.1, -0.05) is 0 Å². The van der Waals surface area contributed by atoms with E-state index in [1.54, 1.807) is 7.11 Å². The second kappa shape index (κ2) is 8.42. The number of amides is 2. The summed E-state index contributed by atoms with van der Waals surface area (Å²) in [5.41, 5.74) is 0.343. The summed E-state index contributed by atoms with van der Waals surface area (Å²) in [6.07, 6.45) is -2.55. The molecule has 1 aromatic heterocycles. The van der Waals surface area contributed by atoms with Gasteiger partial charge in [-0.2, -0.15) is 13.2 Å². The Morgan fingerprint density at radius 2 is 2.14 bits per heavy atom. The van der Waals surface area contributed by atoms with Gasteiger partial charge in [-0.25, -0.2) is 9.78 Å². The van der Waals surface area contributed by atoms with Crippen molar-refractivity contribution in [3.05, 3.63) is 18.3 Å². The third kappa shape index (κ3) is 7.67. The van der Waals surface area contributed by atoms with Crippen LogP contribution in [0.25, 0.3) is 0 Å². The number of anilines is 1. The predicted molar refractivity (Wildman–Crippen MR) is 73.9 cm³/mol. The highest BCUT2D eigenvalue weighted by atomic mass is 19.4. The maximum Gasteiger partial charge on any atom is 0.422 e. The lowest BCUT2D eigenvalue weighted by atomic mass is 10.2. The molecule has 2 N–H and O–H groups in total. The van der Waals surface area contributed by atoms with E-state index in [0.717, 1.165) is 0 Å². The molecule has 9 heteroatoms. The third-order valence-corrected chi connectivity index (χ3v) is 2.51. The number of urea groups is 1. The Morgan fingerprint density at radius 3 is 2.68 bits per heavy atom. The van der Waals surface area contributed by atoms with Crippen LogP contribution in [0, 0.1) is 0 Å². The number of alkyl halides is 3. The third-order valence-electron chi connectivity index (χ3n) is 2.51. The van der Waals surface area contributed by atoms with E-state index >= 15 is 0 Å². The molecular formula is C13H18F3N3O3. The Balaban J connectivity index is 2.41. The summed E-state index contributed by atoms with van der Waals surface area (Å²) in [5, 5.41) is 5.20. The van der Waals surface area contributed by atoms with Gasteiger partial charge in [0.05, 0.1) is 11.9 Å². The number of halogens is 3. The fourth-order valence-corrected chi connectivity index (χ4v) is 1.45. The van der Waals surface area contributed by atoms with Gasteiger partial charge in [0, 0.05) is 25.8 Å². The number of methoxy groups -OCH3 is 1. The summed E-state index contributed by atoms with van der Waals surface area (Å²) >= 11 is 0. The second-order valence-electron chi connectivity index (χ2n) is 4.57. The van der Waals surface area contributed by atoms with Crippen LogP contribution in [0.3, 0.4) is 0 Å². The van der Waals surface area contributed by atoms with Gasteiger partial charge in [0.25, 0.3) is 0 Å². The smallest absolute Gasteiger partial charge is 0.422 e. The number of hydrogen-bond donors (Lipinski definition) is 2. The summed E-state index contributed by atoms with van der Waals surface area (Å²) in [6.45, 7) is 0.934. The van der Waals surface area contributed by atoms with Gasteiger partial charge in [-0.15, -0.1) is 0 Å². The number of aromatic nitrogens is 1. The lowest BCUT2D eigenvalue weighted by molar-refractivity contribution is -0.154. The number of nitrogens with one attached hydrogen (secondary N) is 2. The number of rotatable bonds is 7. The Hall–Kier alpha value is -2.03. The lowest BCUT2D eigenvalue weighted by Crippen LogP contribution is -2.36. The Bertz CT molecular complexity index is 466. The van der Waals surface area contributed by atoms with Crippen molar-refractivity contribution < 1.29 is 27.4 Å². The van der Waals surface area contributed by atoms with E-state index in [1.165, 1.54) is 18.3 Å². The van der Waals surface area contributed by atoms with Crippen LogP contribution in [-0.2, 0) is 4.74 Å². The van der Waals surface area contributed by atoms with E-state index in [2.05, 4.69) is 20.4 Å². The molecule has 0 aliphatic rings. The Kier molecular flexibility index (Phi) is 6.90. The minimum absolute atomic E-state index is 0.0812. The molecule has 0 spiro atoms. The molecule has 6 nitrogen and oxygen atoms in total. The van der Waals surface area contributed by atoms with Crippen molar-refractivity contribution in [2.24, 2.45) is 0 Å². The first-order chi connectivity index (χ1) is 10.3. The van der Waals surface area contributed by atoms with Crippen molar-refractivity contribution in [1.29, 1.82) is 0 Å². The van der Waals surface area contributed by atoms with Crippen LogP contribution in [-0.4, -0.2) is 43.6 Å². The number of carbonyl (C=O) groups excluding carboxylic acids is 1. The van der Waals surface area contributed by atoms with E-state index in [9.17, 15) is 18.0 Å².